The highest BCUT2D eigenvalue weighted by molar-refractivity contribution is 5.98. The van der Waals surface area contributed by atoms with Crippen LogP contribution in [0.3, 0.4) is 0 Å². The Labute approximate surface area is 103 Å². The van der Waals surface area contributed by atoms with Crippen LogP contribution in [0.15, 0.2) is 42.5 Å². The van der Waals surface area contributed by atoms with Gasteiger partial charge in [-0.2, -0.15) is 0 Å². The van der Waals surface area contributed by atoms with Gasteiger partial charge in [0, 0.05) is 10.9 Å². The van der Waals surface area contributed by atoms with Crippen LogP contribution >= 0.6 is 0 Å². The lowest BCUT2D eigenvalue weighted by molar-refractivity contribution is -0.383. The molecule has 0 bridgehead atoms. The first-order chi connectivity index (χ1) is 8.66. The van der Waals surface area contributed by atoms with Crippen LogP contribution < -0.4 is 0 Å². The highest BCUT2D eigenvalue weighted by Crippen LogP contribution is 2.30. The number of rotatable bonds is 1. The zero-order chi connectivity index (χ0) is 12.7. The quantitative estimate of drug-likeness (QED) is 0.369. The number of hydrogen-bond donors (Lipinski definition) is 0. The second kappa shape index (κ2) is 3.77. The third-order valence-corrected chi connectivity index (χ3v) is 3.06. The van der Waals surface area contributed by atoms with Gasteiger partial charge in [-0.25, -0.2) is 4.98 Å². The molecule has 0 aliphatic rings. The topological polar surface area (TPSA) is 56.0 Å². The number of nitrogens with zero attached hydrogens (tertiary/aromatic N) is 2. The maximum atomic E-state index is 11.1. The highest BCUT2D eigenvalue weighted by Gasteiger charge is 2.16. The Balaban J connectivity index is 2.50. The van der Waals surface area contributed by atoms with Crippen LogP contribution in [0.1, 0.15) is 5.56 Å². The van der Waals surface area contributed by atoms with Gasteiger partial charge >= 0.3 is 0 Å². The third-order valence-electron chi connectivity index (χ3n) is 3.06. The molecule has 0 atom stereocenters. The predicted molar refractivity (Wildman–Crippen MR) is 70.6 cm³/mol. The van der Waals surface area contributed by atoms with Gasteiger partial charge in [-0.3, -0.25) is 10.1 Å². The van der Waals surface area contributed by atoms with Crippen molar-refractivity contribution in [3.63, 3.8) is 0 Å². The molecule has 0 N–H and O–H groups in total. The van der Waals surface area contributed by atoms with Gasteiger partial charge in [0.15, 0.2) is 0 Å². The monoisotopic (exact) mass is 238 g/mol. The second-order valence-corrected chi connectivity index (χ2v) is 4.24. The molecular formula is C14H10N2O2. The molecule has 0 radical (unpaired) electrons. The molecule has 3 rings (SSSR count). The summed E-state index contributed by atoms with van der Waals surface area (Å²) in [5.74, 6) is 0. The van der Waals surface area contributed by atoms with E-state index in [1.165, 1.54) is 0 Å². The summed E-state index contributed by atoms with van der Waals surface area (Å²) in [7, 11) is 0. The maximum Gasteiger partial charge on any atom is 0.281 e. The smallest absolute Gasteiger partial charge is 0.258 e. The molecule has 3 aromatic rings. The molecule has 0 fully saturated rings. The summed E-state index contributed by atoms with van der Waals surface area (Å²) in [4.78, 5) is 15.3. The molecule has 0 aliphatic heterocycles. The van der Waals surface area contributed by atoms with Crippen LogP contribution in [-0.2, 0) is 0 Å². The van der Waals surface area contributed by atoms with Gasteiger partial charge in [0.1, 0.15) is 0 Å². The van der Waals surface area contributed by atoms with Crippen molar-refractivity contribution in [1.82, 2.24) is 4.98 Å². The zero-order valence-electron chi connectivity index (χ0n) is 9.75. The zero-order valence-corrected chi connectivity index (χ0v) is 9.75. The second-order valence-electron chi connectivity index (χ2n) is 4.24. The predicted octanol–water partition coefficient (Wildman–Crippen LogP) is 3.60. The Morgan fingerprint density at radius 1 is 1.11 bits per heavy atom. The summed E-state index contributed by atoms with van der Waals surface area (Å²) >= 11 is 0. The van der Waals surface area contributed by atoms with E-state index in [1.54, 1.807) is 13.0 Å². The number of fused-ring (bicyclic) bond motifs is 2. The van der Waals surface area contributed by atoms with Crippen molar-refractivity contribution in [3.8, 4) is 0 Å². The van der Waals surface area contributed by atoms with Gasteiger partial charge in [0.2, 0.25) is 0 Å². The third kappa shape index (κ3) is 1.50. The summed E-state index contributed by atoms with van der Waals surface area (Å²) < 4.78 is 0. The number of aromatic nitrogens is 1. The van der Waals surface area contributed by atoms with Gasteiger partial charge in [0.25, 0.3) is 5.69 Å². The normalized spacial score (nSPS) is 10.9. The van der Waals surface area contributed by atoms with E-state index in [1.807, 2.05) is 36.4 Å². The number of nitro benzene ring substituents is 1. The van der Waals surface area contributed by atoms with Crippen LogP contribution in [0.4, 0.5) is 5.69 Å². The average Bonchev–Trinajstić information content (AvgIpc) is 2.36. The minimum absolute atomic E-state index is 0.144. The van der Waals surface area contributed by atoms with Crippen LogP contribution in [0.25, 0.3) is 21.8 Å². The number of benzene rings is 2. The number of para-hydroxylation sites is 1. The Morgan fingerprint density at radius 3 is 2.67 bits per heavy atom. The number of hydrogen-bond acceptors (Lipinski definition) is 3. The molecule has 4 heteroatoms. The van der Waals surface area contributed by atoms with E-state index in [9.17, 15) is 10.1 Å². The highest BCUT2D eigenvalue weighted by atomic mass is 16.6. The molecule has 18 heavy (non-hydrogen) atoms. The minimum Gasteiger partial charge on any atom is -0.258 e. The molecule has 4 nitrogen and oxygen atoms in total. The number of aryl methyl sites for hydroxylation is 1. The first-order valence-electron chi connectivity index (χ1n) is 5.60. The van der Waals surface area contributed by atoms with Crippen molar-refractivity contribution < 1.29 is 4.92 Å². The molecule has 1 aromatic heterocycles. The average molecular weight is 238 g/mol. The van der Waals surface area contributed by atoms with E-state index >= 15 is 0 Å². The van der Waals surface area contributed by atoms with Crippen molar-refractivity contribution in [3.05, 3.63) is 58.1 Å². The van der Waals surface area contributed by atoms with E-state index < -0.39 is 0 Å². The van der Waals surface area contributed by atoms with Crippen molar-refractivity contribution in [1.29, 1.82) is 0 Å². The van der Waals surface area contributed by atoms with Crippen molar-refractivity contribution in [2.45, 2.75) is 6.92 Å². The molecule has 2 aromatic carbocycles. The molecule has 0 saturated heterocycles. The lowest BCUT2D eigenvalue weighted by atomic mass is 10.1. The minimum atomic E-state index is -0.339. The summed E-state index contributed by atoms with van der Waals surface area (Å²) in [6.45, 7) is 1.74. The van der Waals surface area contributed by atoms with Gasteiger partial charge in [-0.15, -0.1) is 0 Å². The lowest BCUT2D eigenvalue weighted by Gasteiger charge is -2.04. The van der Waals surface area contributed by atoms with Crippen LogP contribution in [-0.4, -0.2) is 9.91 Å². The number of nitro groups is 1. The van der Waals surface area contributed by atoms with Crippen molar-refractivity contribution in [2.24, 2.45) is 0 Å². The summed E-state index contributed by atoms with van der Waals surface area (Å²) in [5, 5.41) is 12.7. The molecule has 88 valence electrons. The Morgan fingerprint density at radius 2 is 1.89 bits per heavy atom. The standard InChI is InChI=1S/C14H10N2O2/c1-9-6-7-13-11(14(9)16(17)18)8-10-4-2-3-5-12(10)15-13/h2-8H,1H3. The van der Waals surface area contributed by atoms with E-state index in [0.717, 1.165) is 10.9 Å². The van der Waals surface area contributed by atoms with E-state index in [-0.39, 0.29) is 10.6 Å². The first kappa shape index (κ1) is 10.7. The molecule has 0 saturated carbocycles. The molecule has 0 aliphatic carbocycles. The van der Waals surface area contributed by atoms with E-state index in [2.05, 4.69) is 4.98 Å². The van der Waals surface area contributed by atoms with Gasteiger partial charge in [-0.05, 0) is 25.1 Å². The fourth-order valence-corrected chi connectivity index (χ4v) is 2.19. The Kier molecular flexibility index (Phi) is 2.23. The summed E-state index contributed by atoms with van der Waals surface area (Å²) in [5.41, 5.74) is 2.31. The molecule has 0 unspecified atom stereocenters. The SMILES string of the molecule is Cc1ccc2nc3ccccc3cc2c1[N+](=O)[O-]. The van der Waals surface area contributed by atoms with Gasteiger partial charge in [-0.1, -0.05) is 24.3 Å². The Bertz CT molecular complexity index is 781. The van der Waals surface area contributed by atoms with Crippen molar-refractivity contribution >= 4 is 27.5 Å². The first-order valence-corrected chi connectivity index (χ1v) is 5.60. The summed E-state index contributed by atoms with van der Waals surface area (Å²) in [6, 6.07) is 13.0. The Hall–Kier alpha value is -2.49. The molecular weight excluding hydrogens is 228 g/mol. The fourth-order valence-electron chi connectivity index (χ4n) is 2.19. The van der Waals surface area contributed by atoms with Crippen LogP contribution in [0, 0.1) is 17.0 Å². The maximum absolute atomic E-state index is 11.1. The molecule has 0 spiro atoms. The largest absolute Gasteiger partial charge is 0.281 e. The van der Waals surface area contributed by atoms with Crippen LogP contribution in [0.5, 0.6) is 0 Å². The number of pyridine rings is 1. The van der Waals surface area contributed by atoms with E-state index in [0.29, 0.717) is 16.5 Å². The fraction of sp³-hybridized carbons (Fsp3) is 0.0714. The van der Waals surface area contributed by atoms with Crippen LogP contribution in [0.2, 0.25) is 0 Å². The molecule has 0 amide bonds. The molecule has 1 heterocycles. The van der Waals surface area contributed by atoms with Crippen molar-refractivity contribution in [2.75, 3.05) is 0 Å². The van der Waals surface area contributed by atoms with Gasteiger partial charge < -0.3 is 0 Å². The summed E-state index contributed by atoms with van der Waals surface area (Å²) in [6.07, 6.45) is 0. The van der Waals surface area contributed by atoms with Gasteiger partial charge in [0.05, 0.1) is 21.3 Å². The van der Waals surface area contributed by atoms with E-state index in [4.69, 9.17) is 0 Å². The lowest BCUT2D eigenvalue weighted by Crippen LogP contribution is -1.94.